The van der Waals surface area contributed by atoms with Crippen molar-refractivity contribution in [1.82, 2.24) is 4.90 Å². The van der Waals surface area contributed by atoms with Crippen LogP contribution in [-0.4, -0.2) is 45.2 Å². The number of piperidine rings is 3. The van der Waals surface area contributed by atoms with Gasteiger partial charge in [0, 0.05) is 18.3 Å². The van der Waals surface area contributed by atoms with E-state index in [1.54, 1.807) is 12.1 Å². The van der Waals surface area contributed by atoms with Gasteiger partial charge in [0.05, 0.1) is 17.0 Å². The number of hydrogen-bond acceptors (Lipinski definition) is 4. The molecule has 116 valence electrons. The minimum Gasteiger partial charge on any atom is -0.381 e. The van der Waals surface area contributed by atoms with E-state index in [0.29, 0.717) is 16.8 Å². The van der Waals surface area contributed by atoms with Crippen LogP contribution < -0.4 is 10.0 Å². The van der Waals surface area contributed by atoms with Crippen molar-refractivity contribution in [2.75, 3.05) is 35.9 Å². The second-order valence-electron chi connectivity index (χ2n) is 5.96. The summed E-state index contributed by atoms with van der Waals surface area (Å²) in [6.07, 6.45) is 3.61. The summed E-state index contributed by atoms with van der Waals surface area (Å²) in [7, 11) is -3.31. The molecular weight excluding hydrogens is 310 g/mol. The first-order valence-corrected chi connectivity index (χ1v) is 9.44. The van der Waals surface area contributed by atoms with Gasteiger partial charge in [-0.1, -0.05) is 11.6 Å². The molecule has 3 fully saturated rings. The van der Waals surface area contributed by atoms with Crippen LogP contribution in [0.2, 0.25) is 5.02 Å². The molecule has 1 aromatic rings. The lowest BCUT2D eigenvalue weighted by molar-refractivity contribution is 0.0975. The molecule has 3 aliphatic heterocycles. The van der Waals surface area contributed by atoms with Crippen LogP contribution in [0.1, 0.15) is 12.8 Å². The average molecular weight is 330 g/mol. The minimum atomic E-state index is -3.31. The number of rotatable bonds is 4. The third-order valence-corrected chi connectivity index (χ3v) is 5.18. The van der Waals surface area contributed by atoms with E-state index >= 15 is 0 Å². The van der Waals surface area contributed by atoms with Crippen molar-refractivity contribution in [2.45, 2.75) is 18.9 Å². The van der Waals surface area contributed by atoms with E-state index in [1.807, 2.05) is 6.07 Å². The van der Waals surface area contributed by atoms with Gasteiger partial charge in [0.15, 0.2) is 0 Å². The van der Waals surface area contributed by atoms with Crippen molar-refractivity contribution in [2.24, 2.45) is 5.92 Å². The summed E-state index contributed by atoms with van der Waals surface area (Å²) in [4.78, 5) is 2.48. The van der Waals surface area contributed by atoms with Gasteiger partial charge in [0.2, 0.25) is 10.0 Å². The van der Waals surface area contributed by atoms with Crippen molar-refractivity contribution in [1.29, 1.82) is 0 Å². The lowest BCUT2D eigenvalue weighted by Gasteiger charge is -2.45. The van der Waals surface area contributed by atoms with Crippen molar-refractivity contribution in [3.63, 3.8) is 0 Å². The molecule has 0 saturated carbocycles. The van der Waals surface area contributed by atoms with Crippen LogP contribution in [0.15, 0.2) is 18.2 Å². The summed E-state index contributed by atoms with van der Waals surface area (Å²) < 4.78 is 24.9. The SMILES string of the molecule is CS(=O)(=O)Nc1ccc(NC2CN3CCC2CC3)cc1Cl. The van der Waals surface area contributed by atoms with E-state index in [0.717, 1.165) is 24.4 Å². The number of hydrogen-bond donors (Lipinski definition) is 2. The molecule has 3 heterocycles. The maximum absolute atomic E-state index is 11.3. The molecule has 0 spiro atoms. The molecular formula is C14H20ClN3O2S. The number of nitrogens with one attached hydrogen (secondary N) is 2. The first-order valence-electron chi connectivity index (χ1n) is 7.17. The molecule has 7 heteroatoms. The topological polar surface area (TPSA) is 61.4 Å². The third-order valence-electron chi connectivity index (χ3n) is 4.27. The van der Waals surface area contributed by atoms with Gasteiger partial charge in [-0.25, -0.2) is 8.42 Å². The fraction of sp³-hybridized carbons (Fsp3) is 0.571. The maximum atomic E-state index is 11.3. The monoisotopic (exact) mass is 329 g/mol. The van der Waals surface area contributed by atoms with Crippen LogP contribution in [-0.2, 0) is 10.0 Å². The van der Waals surface area contributed by atoms with Crippen LogP contribution in [0.3, 0.4) is 0 Å². The molecule has 0 aromatic heterocycles. The number of anilines is 2. The van der Waals surface area contributed by atoms with E-state index in [2.05, 4.69) is 14.9 Å². The average Bonchev–Trinajstić information content (AvgIpc) is 2.42. The number of nitrogens with zero attached hydrogens (tertiary/aromatic N) is 1. The van der Waals surface area contributed by atoms with Gasteiger partial charge in [0.1, 0.15) is 0 Å². The third kappa shape index (κ3) is 3.62. The molecule has 2 N–H and O–H groups in total. The van der Waals surface area contributed by atoms with Crippen molar-refractivity contribution < 1.29 is 8.42 Å². The highest BCUT2D eigenvalue weighted by molar-refractivity contribution is 7.92. The molecule has 1 aromatic carbocycles. The molecule has 0 amide bonds. The minimum absolute atomic E-state index is 0.409. The van der Waals surface area contributed by atoms with Gasteiger partial charge in [-0.2, -0.15) is 0 Å². The van der Waals surface area contributed by atoms with E-state index in [4.69, 9.17) is 11.6 Å². The second-order valence-corrected chi connectivity index (χ2v) is 8.11. The molecule has 2 bridgehead atoms. The second kappa shape index (κ2) is 5.66. The molecule has 5 nitrogen and oxygen atoms in total. The zero-order valence-electron chi connectivity index (χ0n) is 12.0. The highest BCUT2D eigenvalue weighted by atomic mass is 35.5. The van der Waals surface area contributed by atoms with Crippen molar-refractivity contribution in [3.05, 3.63) is 23.2 Å². The fourth-order valence-electron chi connectivity index (χ4n) is 3.23. The Morgan fingerprint density at radius 2 is 2.00 bits per heavy atom. The summed E-state index contributed by atoms with van der Waals surface area (Å²) in [5.74, 6) is 0.725. The Bertz CT molecular complexity index is 627. The Morgan fingerprint density at radius 1 is 1.29 bits per heavy atom. The Kier molecular flexibility index (Phi) is 4.03. The molecule has 4 rings (SSSR count). The molecule has 3 saturated heterocycles. The Morgan fingerprint density at radius 3 is 2.52 bits per heavy atom. The molecule has 1 atom stereocenters. The van der Waals surface area contributed by atoms with Gasteiger partial charge >= 0.3 is 0 Å². The van der Waals surface area contributed by atoms with E-state index in [9.17, 15) is 8.42 Å². The largest absolute Gasteiger partial charge is 0.381 e. The van der Waals surface area contributed by atoms with Gasteiger partial charge in [-0.05, 0) is 50.0 Å². The van der Waals surface area contributed by atoms with Crippen LogP contribution in [0, 0.1) is 5.92 Å². The normalized spacial score (nSPS) is 28.4. The molecule has 1 unspecified atom stereocenters. The van der Waals surface area contributed by atoms with E-state index in [-0.39, 0.29) is 0 Å². The smallest absolute Gasteiger partial charge is 0.229 e. The quantitative estimate of drug-likeness (QED) is 0.889. The van der Waals surface area contributed by atoms with Crippen LogP contribution in [0.4, 0.5) is 11.4 Å². The van der Waals surface area contributed by atoms with Gasteiger partial charge < -0.3 is 10.2 Å². The molecule has 0 radical (unpaired) electrons. The summed E-state index contributed by atoms with van der Waals surface area (Å²) in [6.45, 7) is 3.49. The molecule has 3 aliphatic rings. The Hall–Kier alpha value is -0.980. The Labute approximate surface area is 130 Å². The fourth-order valence-corrected chi connectivity index (χ4v) is 4.09. The predicted octanol–water partition coefficient (Wildman–Crippen LogP) is 2.22. The summed E-state index contributed by atoms with van der Waals surface area (Å²) in [5, 5.41) is 3.95. The number of halogens is 1. The number of fused-ring (bicyclic) bond motifs is 3. The zero-order chi connectivity index (χ0) is 15.0. The predicted molar refractivity (Wildman–Crippen MR) is 86.5 cm³/mol. The van der Waals surface area contributed by atoms with E-state index < -0.39 is 10.0 Å². The van der Waals surface area contributed by atoms with Crippen molar-refractivity contribution >= 4 is 33.0 Å². The maximum Gasteiger partial charge on any atom is 0.229 e. The highest BCUT2D eigenvalue weighted by Crippen LogP contribution is 2.32. The van der Waals surface area contributed by atoms with Gasteiger partial charge in [-0.3, -0.25) is 4.72 Å². The molecule has 21 heavy (non-hydrogen) atoms. The first kappa shape index (κ1) is 14.9. The standard InChI is InChI=1S/C14H20ClN3O2S/c1-21(19,20)17-13-3-2-11(8-12(13)15)16-14-9-18-6-4-10(14)5-7-18/h2-3,8,10,14,16-17H,4-7,9H2,1H3. The Balaban J connectivity index is 1.71. The zero-order valence-corrected chi connectivity index (χ0v) is 13.5. The first-order chi connectivity index (χ1) is 9.90. The van der Waals surface area contributed by atoms with Crippen LogP contribution in [0.25, 0.3) is 0 Å². The lowest BCUT2D eigenvalue weighted by Crippen LogP contribution is -2.53. The summed E-state index contributed by atoms with van der Waals surface area (Å²) in [6, 6.07) is 5.81. The highest BCUT2D eigenvalue weighted by Gasteiger charge is 2.33. The molecule has 0 aliphatic carbocycles. The summed E-state index contributed by atoms with van der Waals surface area (Å²) >= 11 is 6.15. The number of sulfonamides is 1. The van der Waals surface area contributed by atoms with Crippen LogP contribution in [0.5, 0.6) is 0 Å². The van der Waals surface area contributed by atoms with Crippen molar-refractivity contribution in [3.8, 4) is 0 Å². The summed E-state index contributed by atoms with van der Waals surface area (Å²) in [5.41, 5.74) is 1.36. The van der Waals surface area contributed by atoms with E-state index in [1.165, 1.54) is 25.9 Å². The van der Waals surface area contributed by atoms with Gasteiger partial charge in [-0.15, -0.1) is 0 Å². The van der Waals surface area contributed by atoms with Crippen LogP contribution >= 0.6 is 11.6 Å². The number of benzene rings is 1. The van der Waals surface area contributed by atoms with Gasteiger partial charge in [0.25, 0.3) is 0 Å². The lowest BCUT2D eigenvalue weighted by atomic mass is 9.84.